The van der Waals surface area contributed by atoms with E-state index in [2.05, 4.69) is 10.6 Å². The van der Waals surface area contributed by atoms with Crippen LogP contribution in [0.2, 0.25) is 0 Å². The van der Waals surface area contributed by atoms with Crippen LogP contribution < -0.4 is 20.1 Å². The lowest BCUT2D eigenvalue weighted by Crippen LogP contribution is -2.60. The molecule has 2 N–H and O–H groups in total. The summed E-state index contributed by atoms with van der Waals surface area (Å²) < 4.78 is 15.8. The molecule has 180 valence electrons. The molecule has 2 aromatic carbocycles. The van der Waals surface area contributed by atoms with E-state index in [4.69, 9.17) is 26.4 Å². The van der Waals surface area contributed by atoms with E-state index in [1.807, 2.05) is 18.2 Å². The largest absolute Gasteiger partial charge is 0.497 e. The van der Waals surface area contributed by atoms with E-state index in [0.717, 1.165) is 5.56 Å². The molecule has 3 rings (SSSR count). The average Bonchev–Trinajstić information content (AvgIpc) is 2.84. The zero-order valence-electron chi connectivity index (χ0n) is 18.8. The van der Waals surface area contributed by atoms with Crippen LogP contribution in [0.3, 0.4) is 0 Å². The topological polar surface area (TPSA) is 106 Å². The maximum atomic E-state index is 12.5. The summed E-state index contributed by atoms with van der Waals surface area (Å²) in [5, 5.41) is 5.47. The van der Waals surface area contributed by atoms with Crippen molar-refractivity contribution in [3.05, 3.63) is 60.2 Å². The Kier molecular flexibility index (Phi) is 9.21. The number of carbonyl (C=O) groups excluding carboxylic acids is 3. The quantitative estimate of drug-likeness (QED) is 0.312. The van der Waals surface area contributed by atoms with Gasteiger partial charge in [-0.15, -0.1) is 0 Å². The summed E-state index contributed by atoms with van der Waals surface area (Å²) in [6, 6.07) is 15.4. The lowest BCUT2D eigenvalue weighted by molar-refractivity contribution is -0.148. The van der Waals surface area contributed by atoms with Crippen molar-refractivity contribution in [2.75, 3.05) is 33.4 Å². The third kappa shape index (κ3) is 7.45. The second kappa shape index (κ2) is 12.5. The predicted molar refractivity (Wildman–Crippen MR) is 128 cm³/mol. The average molecular weight is 486 g/mol. The van der Waals surface area contributed by atoms with Crippen molar-refractivity contribution in [1.29, 1.82) is 0 Å². The molecule has 1 atom stereocenters. The third-order valence-corrected chi connectivity index (χ3v) is 5.42. The Morgan fingerprint density at radius 3 is 2.53 bits per heavy atom. The molecule has 2 amide bonds. The van der Waals surface area contributed by atoms with Crippen molar-refractivity contribution in [3.63, 3.8) is 0 Å². The van der Waals surface area contributed by atoms with Gasteiger partial charge in [-0.25, -0.2) is 0 Å². The Labute approximate surface area is 203 Å². The SMILES string of the molecule is COc1ccc(CC(=O)NC(=S)N2CCNC(=O)C2CC(=O)OCCOc2ccccc2)cc1. The minimum absolute atomic E-state index is 0.0467. The zero-order valence-corrected chi connectivity index (χ0v) is 19.6. The molecule has 10 heteroatoms. The number of carbonyl (C=O) groups is 3. The van der Waals surface area contributed by atoms with Crippen molar-refractivity contribution in [1.82, 2.24) is 15.5 Å². The molecular weight excluding hydrogens is 458 g/mol. The van der Waals surface area contributed by atoms with Gasteiger partial charge in [0.15, 0.2) is 5.11 Å². The highest BCUT2D eigenvalue weighted by Gasteiger charge is 2.34. The number of rotatable bonds is 9. The number of methoxy groups -OCH3 is 1. The summed E-state index contributed by atoms with van der Waals surface area (Å²) in [6.45, 7) is 0.952. The fourth-order valence-corrected chi connectivity index (χ4v) is 3.71. The molecule has 1 aliphatic heterocycles. The maximum absolute atomic E-state index is 12.5. The standard InChI is InChI=1S/C24H27N3O6S/c1-31-18-9-7-17(8-10-18)15-21(28)26-24(34)27-12-11-25-23(30)20(27)16-22(29)33-14-13-32-19-5-3-2-4-6-19/h2-10,20H,11-16H2,1H3,(H,25,30)(H,26,28,34). The number of amides is 2. The normalized spacial score (nSPS) is 15.1. The van der Waals surface area contributed by atoms with Gasteiger partial charge < -0.3 is 29.7 Å². The van der Waals surface area contributed by atoms with Gasteiger partial charge in [0.2, 0.25) is 11.8 Å². The van der Waals surface area contributed by atoms with Crippen molar-refractivity contribution in [2.24, 2.45) is 0 Å². The molecule has 0 saturated carbocycles. The lowest BCUT2D eigenvalue weighted by atomic mass is 10.1. The Morgan fingerprint density at radius 2 is 1.82 bits per heavy atom. The van der Waals surface area contributed by atoms with E-state index in [9.17, 15) is 14.4 Å². The number of esters is 1. The van der Waals surface area contributed by atoms with Crippen LogP contribution in [-0.4, -0.2) is 67.3 Å². The van der Waals surface area contributed by atoms with Gasteiger partial charge in [-0.2, -0.15) is 0 Å². The summed E-state index contributed by atoms with van der Waals surface area (Å²) in [4.78, 5) is 38.8. The van der Waals surface area contributed by atoms with Crippen LogP contribution in [0, 0.1) is 0 Å². The molecule has 9 nitrogen and oxygen atoms in total. The number of hydrogen-bond acceptors (Lipinski definition) is 7. The molecule has 0 aliphatic carbocycles. The molecule has 1 heterocycles. The highest BCUT2D eigenvalue weighted by atomic mass is 32.1. The molecule has 0 bridgehead atoms. The van der Waals surface area contributed by atoms with E-state index in [0.29, 0.717) is 24.6 Å². The van der Waals surface area contributed by atoms with Gasteiger partial charge in [0.25, 0.3) is 0 Å². The Hall–Kier alpha value is -3.66. The molecule has 1 saturated heterocycles. The zero-order chi connectivity index (χ0) is 24.3. The van der Waals surface area contributed by atoms with Crippen molar-refractivity contribution >= 4 is 35.1 Å². The molecule has 0 spiro atoms. The maximum Gasteiger partial charge on any atom is 0.308 e. The number of thiocarbonyl (C=S) groups is 1. The molecule has 1 unspecified atom stereocenters. The highest BCUT2D eigenvalue weighted by Crippen LogP contribution is 2.13. The van der Waals surface area contributed by atoms with E-state index >= 15 is 0 Å². The first-order valence-electron chi connectivity index (χ1n) is 10.8. The fraction of sp³-hybridized carbons (Fsp3) is 0.333. The smallest absolute Gasteiger partial charge is 0.308 e. The van der Waals surface area contributed by atoms with E-state index in [-0.39, 0.29) is 43.0 Å². The highest BCUT2D eigenvalue weighted by molar-refractivity contribution is 7.80. The number of hydrogen-bond donors (Lipinski definition) is 2. The molecule has 34 heavy (non-hydrogen) atoms. The summed E-state index contributed by atoms with van der Waals surface area (Å²) >= 11 is 5.37. The summed E-state index contributed by atoms with van der Waals surface area (Å²) in [7, 11) is 1.57. The lowest BCUT2D eigenvalue weighted by Gasteiger charge is -2.36. The molecular formula is C24H27N3O6S. The molecule has 0 radical (unpaired) electrons. The second-order valence-corrected chi connectivity index (χ2v) is 7.85. The van der Waals surface area contributed by atoms with Gasteiger partial charge in [-0.1, -0.05) is 30.3 Å². The number of nitrogens with one attached hydrogen (secondary N) is 2. The number of piperazine rings is 1. The van der Waals surface area contributed by atoms with Crippen LogP contribution >= 0.6 is 12.2 Å². The molecule has 1 aliphatic rings. The summed E-state index contributed by atoms with van der Waals surface area (Å²) in [6.07, 6.45) is -0.0933. The first-order chi connectivity index (χ1) is 16.5. The van der Waals surface area contributed by atoms with E-state index < -0.39 is 12.0 Å². The minimum Gasteiger partial charge on any atom is -0.497 e. The van der Waals surface area contributed by atoms with Crippen LogP contribution in [0.4, 0.5) is 0 Å². The van der Waals surface area contributed by atoms with Gasteiger partial charge in [-0.05, 0) is 42.0 Å². The molecule has 1 fully saturated rings. The monoisotopic (exact) mass is 485 g/mol. The van der Waals surface area contributed by atoms with Crippen molar-refractivity contribution < 1.29 is 28.6 Å². The van der Waals surface area contributed by atoms with E-state index in [1.54, 1.807) is 48.4 Å². The van der Waals surface area contributed by atoms with Crippen LogP contribution in [0.25, 0.3) is 0 Å². The van der Waals surface area contributed by atoms with Gasteiger partial charge in [0.1, 0.15) is 30.8 Å². The van der Waals surface area contributed by atoms with Gasteiger partial charge in [0, 0.05) is 13.1 Å². The Morgan fingerprint density at radius 1 is 1.09 bits per heavy atom. The molecule has 2 aromatic rings. The van der Waals surface area contributed by atoms with Crippen molar-refractivity contribution in [3.8, 4) is 11.5 Å². The van der Waals surface area contributed by atoms with Crippen LogP contribution in [-0.2, 0) is 25.5 Å². The van der Waals surface area contributed by atoms with Crippen LogP contribution in [0.5, 0.6) is 11.5 Å². The first-order valence-corrected chi connectivity index (χ1v) is 11.2. The summed E-state index contributed by atoms with van der Waals surface area (Å²) in [5.74, 6) is 0.138. The summed E-state index contributed by atoms with van der Waals surface area (Å²) in [5.41, 5.74) is 0.787. The fourth-order valence-electron chi connectivity index (χ4n) is 3.37. The first kappa shape index (κ1) is 25.0. The Balaban J connectivity index is 1.48. The second-order valence-electron chi connectivity index (χ2n) is 7.46. The third-order valence-electron chi connectivity index (χ3n) is 5.08. The van der Waals surface area contributed by atoms with Gasteiger partial charge in [0.05, 0.1) is 20.0 Å². The van der Waals surface area contributed by atoms with Gasteiger partial charge in [-0.3, -0.25) is 14.4 Å². The van der Waals surface area contributed by atoms with E-state index in [1.165, 1.54) is 0 Å². The van der Waals surface area contributed by atoms with Crippen LogP contribution in [0.1, 0.15) is 12.0 Å². The number of para-hydroxylation sites is 1. The minimum atomic E-state index is -0.870. The van der Waals surface area contributed by atoms with Crippen LogP contribution in [0.15, 0.2) is 54.6 Å². The number of benzene rings is 2. The van der Waals surface area contributed by atoms with Crippen molar-refractivity contribution in [2.45, 2.75) is 18.9 Å². The number of ether oxygens (including phenoxy) is 3. The molecule has 0 aromatic heterocycles. The van der Waals surface area contributed by atoms with Gasteiger partial charge >= 0.3 is 5.97 Å². The Bertz CT molecular complexity index is 1000. The number of nitrogens with zero attached hydrogens (tertiary/aromatic N) is 1. The predicted octanol–water partition coefficient (Wildman–Crippen LogP) is 1.45.